The third-order valence-corrected chi connectivity index (χ3v) is 1.53. The molecule has 0 amide bonds. The van der Waals surface area contributed by atoms with Crippen molar-refractivity contribution in [1.29, 1.82) is 0 Å². The van der Waals surface area contributed by atoms with Crippen LogP contribution in [0.15, 0.2) is 0 Å². The Kier molecular flexibility index (Phi) is 3.01. The Hall–Kier alpha value is -1.14. The molecule has 0 spiro atoms. The van der Waals surface area contributed by atoms with Crippen molar-refractivity contribution in [2.75, 3.05) is 6.61 Å². The van der Waals surface area contributed by atoms with Crippen LogP contribution in [-0.2, 0) is 6.54 Å². The van der Waals surface area contributed by atoms with Crippen LogP contribution in [0.2, 0.25) is 5.02 Å². The highest BCUT2D eigenvalue weighted by Crippen LogP contribution is 2.22. The van der Waals surface area contributed by atoms with Gasteiger partial charge in [0.1, 0.15) is 11.2 Å². The lowest BCUT2D eigenvalue weighted by atomic mass is 10.6. The van der Waals surface area contributed by atoms with Crippen LogP contribution in [0.3, 0.4) is 0 Å². The fourth-order valence-electron chi connectivity index (χ4n) is 0.773. The van der Waals surface area contributed by atoms with Gasteiger partial charge in [-0.1, -0.05) is 17.5 Å². The number of halogens is 1. The largest absolute Gasteiger partial charge is 0.464 e. The van der Waals surface area contributed by atoms with Crippen molar-refractivity contribution in [2.45, 2.75) is 13.5 Å². The molecular formula is C8H8ClN2O. The average molecular weight is 184 g/mol. The van der Waals surface area contributed by atoms with Gasteiger partial charge in [-0.2, -0.15) is 5.10 Å². The predicted octanol–water partition coefficient (Wildman–Crippen LogP) is 1.37. The maximum absolute atomic E-state index is 5.73. The molecule has 1 aromatic rings. The van der Waals surface area contributed by atoms with Gasteiger partial charge in [-0.3, -0.25) is 0 Å². The summed E-state index contributed by atoms with van der Waals surface area (Å²) in [6.07, 6.45) is 7.61. The lowest BCUT2D eigenvalue weighted by Gasteiger charge is -2.03. The summed E-state index contributed by atoms with van der Waals surface area (Å²) in [7, 11) is 0. The van der Waals surface area contributed by atoms with Gasteiger partial charge >= 0.3 is 0 Å². The molecule has 1 aromatic heterocycles. The lowest BCUT2D eigenvalue weighted by molar-refractivity contribution is 0.328. The molecule has 0 bridgehead atoms. The number of ether oxygens (including phenoxy) is 1. The van der Waals surface area contributed by atoms with Crippen LogP contribution in [0.25, 0.3) is 0 Å². The summed E-state index contributed by atoms with van der Waals surface area (Å²) in [6, 6.07) is 0. The van der Waals surface area contributed by atoms with Crippen LogP contribution >= 0.6 is 11.6 Å². The first kappa shape index (κ1) is 8.95. The SMILES string of the molecule is C#CCOc1c(Cl)[c]nn1CC. The molecule has 0 N–H and O–H groups in total. The smallest absolute Gasteiger partial charge is 0.232 e. The number of aromatic nitrogens is 2. The number of terminal acetylenes is 1. The van der Waals surface area contributed by atoms with Crippen LogP contribution < -0.4 is 4.74 Å². The minimum absolute atomic E-state index is 0.194. The fraction of sp³-hybridized carbons (Fsp3) is 0.375. The molecule has 1 rings (SSSR count). The number of hydrogen-bond acceptors (Lipinski definition) is 2. The minimum atomic E-state index is 0.194. The first-order valence-corrected chi connectivity index (χ1v) is 3.87. The van der Waals surface area contributed by atoms with E-state index in [2.05, 4.69) is 17.2 Å². The maximum Gasteiger partial charge on any atom is 0.232 e. The van der Waals surface area contributed by atoms with E-state index in [0.717, 1.165) is 0 Å². The summed E-state index contributed by atoms with van der Waals surface area (Å²) in [5.41, 5.74) is 0. The molecule has 3 nitrogen and oxygen atoms in total. The molecule has 0 unspecified atom stereocenters. The molecule has 0 saturated heterocycles. The number of nitrogens with zero attached hydrogens (tertiary/aromatic N) is 2. The first-order valence-electron chi connectivity index (χ1n) is 3.49. The summed E-state index contributed by atoms with van der Waals surface area (Å²) in [6.45, 7) is 2.81. The summed E-state index contributed by atoms with van der Waals surface area (Å²) >= 11 is 5.73. The van der Waals surface area contributed by atoms with Gasteiger partial charge < -0.3 is 4.74 Å². The molecule has 0 aliphatic rings. The van der Waals surface area contributed by atoms with Crippen molar-refractivity contribution >= 4 is 11.6 Å². The van der Waals surface area contributed by atoms with E-state index < -0.39 is 0 Å². The van der Waals surface area contributed by atoms with E-state index >= 15 is 0 Å². The highest BCUT2D eigenvalue weighted by molar-refractivity contribution is 6.31. The molecule has 12 heavy (non-hydrogen) atoms. The van der Waals surface area contributed by atoms with Gasteiger partial charge in [0.2, 0.25) is 5.88 Å². The summed E-state index contributed by atoms with van der Waals surface area (Å²) in [5, 5.41) is 4.22. The fourth-order valence-corrected chi connectivity index (χ4v) is 0.963. The van der Waals surface area contributed by atoms with Crippen LogP contribution in [0.4, 0.5) is 0 Å². The van der Waals surface area contributed by atoms with Crippen LogP contribution in [-0.4, -0.2) is 16.4 Å². The van der Waals surface area contributed by atoms with Crippen molar-refractivity contribution in [3.63, 3.8) is 0 Å². The van der Waals surface area contributed by atoms with E-state index in [1.54, 1.807) is 4.68 Å². The Balaban J connectivity index is 2.81. The molecule has 4 heteroatoms. The van der Waals surface area contributed by atoms with Crippen LogP contribution in [0.1, 0.15) is 6.92 Å². The Morgan fingerprint density at radius 1 is 1.83 bits per heavy atom. The van der Waals surface area contributed by atoms with E-state index in [4.69, 9.17) is 22.8 Å². The number of hydrogen-bond donors (Lipinski definition) is 0. The van der Waals surface area contributed by atoms with Gasteiger partial charge in [-0.15, -0.1) is 6.42 Å². The van der Waals surface area contributed by atoms with Crippen LogP contribution in [0, 0.1) is 18.5 Å². The Labute approximate surface area is 76.3 Å². The molecular weight excluding hydrogens is 176 g/mol. The van der Waals surface area contributed by atoms with Gasteiger partial charge in [-0.25, -0.2) is 4.68 Å². The number of aryl methyl sites for hydroxylation is 1. The monoisotopic (exact) mass is 183 g/mol. The zero-order valence-electron chi connectivity index (χ0n) is 6.67. The van der Waals surface area contributed by atoms with Crippen molar-refractivity contribution in [3.05, 3.63) is 11.2 Å². The predicted molar refractivity (Wildman–Crippen MR) is 46.1 cm³/mol. The zero-order valence-corrected chi connectivity index (χ0v) is 7.43. The van der Waals surface area contributed by atoms with E-state index in [-0.39, 0.29) is 6.61 Å². The van der Waals surface area contributed by atoms with Crippen molar-refractivity contribution in [1.82, 2.24) is 9.78 Å². The molecule has 0 aromatic carbocycles. The van der Waals surface area contributed by atoms with Crippen LogP contribution in [0.5, 0.6) is 5.88 Å². The summed E-state index contributed by atoms with van der Waals surface area (Å²) in [5.74, 6) is 2.83. The van der Waals surface area contributed by atoms with Gasteiger partial charge in [0, 0.05) is 6.54 Å². The van der Waals surface area contributed by atoms with E-state index in [9.17, 15) is 0 Å². The Bertz CT molecular complexity index is 300. The Morgan fingerprint density at radius 2 is 2.58 bits per heavy atom. The van der Waals surface area contributed by atoms with Gasteiger partial charge in [0.15, 0.2) is 6.61 Å². The zero-order chi connectivity index (χ0) is 8.97. The third kappa shape index (κ3) is 1.72. The third-order valence-electron chi connectivity index (χ3n) is 1.28. The molecule has 0 saturated carbocycles. The Morgan fingerprint density at radius 3 is 3.17 bits per heavy atom. The molecule has 0 fully saturated rings. The quantitative estimate of drug-likeness (QED) is 0.662. The normalized spacial score (nSPS) is 9.42. The van der Waals surface area contributed by atoms with Gasteiger partial charge in [-0.05, 0) is 6.92 Å². The highest BCUT2D eigenvalue weighted by atomic mass is 35.5. The highest BCUT2D eigenvalue weighted by Gasteiger charge is 2.08. The van der Waals surface area contributed by atoms with Crippen molar-refractivity contribution < 1.29 is 4.74 Å². The second kappa shape index (κ2) is 4.03. The lowest BCUT2D eigenvalue weighted by Crippen LogP contribution is -2.03. The summed E-state index contributed by atoms with van der Waals surface area (Å²) < 4.78 is 6.75. The molecule has 1 heterocycles. The second-order valence-electron chi connectivity index (χ2n) is 2.04. The summed E-state index contributed by atoms with van der Waals surface area (Å²) in [4.78, 5) is 0. The molecule has 0 aliphatic carbocycles. The van der Waals surface area contributed by atoms with Crippen molar-refractivity contribution in [2.24, 2.45) is 0 Å². The minimum Gasteiger partial charge on any atom is -0.464 e. The van der Waals surface area contributed by atoms with E-state index in [1.165, 1.54) is 0 Å². The maximum atomic E-state index is 5.73. The molecule has 63 valence electrons. The second-order valence-corrected chi connectivity index (χ2v) is 2.42. The van der Waals surface area contributed by atoms with E-state index in [1.807, 2.05) is 6.92 Å². The number of rotatable bonds is 3. The molecule has 1 radical (unpaired) electrons. The van der Waals surface area contributed by atoms with Gasteiger partial charge in [0.05, 0.1) is 0 Å². The topological polar surface area (TPSA) is 27.1 Å². The molecule has 0 atom stereocenters. The molecule has 0 aliphatic heterocycles. The van der Waals surface area contributed by atoms with Crippen molar-refractivity contribution in [3.8, 4) is 18.2 Å². The standard InChI is InChI=1S/C8H8ClN2O/c1-3-5-12-8-7(9)6-10-11(8)4-2/h1H,4-5H2,2H3. The van der Waals surface area contributed by atoms with Gasteiger partial charge in [0.25, 0.3) is 0 Å². The van der Waals surface area contributed by atoms with E-state index in [0.29, 0.717) is 17.4 Å². The average Bonchev–Trinajstić information content (AvgIpc) is 2.43. The first-order chi connectivity index (χ1) is 5.79.